The first-order valence-corrected chi connectivity index (χ1v) is 7.51. The van der Waals surface area contributed by atoms with Crippen LogP contribution in [0.4, 0.5) is 0 Å². The Hall–Kier alpha value is -1.59. The van der Waals surface area contributed by atoms with E-state index in [1.165, 1.54) is 6.20 Å². The third-order valence-corrected chi connectivity index (χ3v) is 3.97. The minimum Gasteiger partial charge on any atom is -0.426 e. The van der Waals surface area contributed by atoms with Crippen LogP contribution in [-0.2, 0) is 11.2 Å². The first kappa shape index (κ1) is 18.5. The molecule has 0 heterocycles. The van der Waals surface area contributed by atoms with Gasteiger partial charge in [0.2, 0.25) is 0 Å². The van der Waals surface area contributed by atoms with Crippen molar-refractivity contribution in [2.24, 2.45) is 10.7 Å². The van der Waals surface area contributed by atoms with Gasteiger partial charge < -0.3 is 15.5 Å². The van der Waals surface area contributed by atoms with Crippen molar-refractivity contribution in [1.29, 1.82) is 0 Å². The molecule has 1 radical (unpaired) electrons. The van der Waals surface area contributed by atoms with E-state index in [2.05, 4.69) is 4.99 Å². The highest BCUT2D eigenvalue weighted by Crippen LogP contribution is 2.28. The number of hydrogen-bond acceptors (Lipinski definition) is 4. The third kappa shape index (κ3) is 5.32. The van der Waals surface area contributed by atoms with Gasteiger partial charge in [-0.05, 0) is 44.4 Å². The Balaban J connectivity index is 2.59. The van der Waals surface area contributed by atoms with Crippen molar-refractivity contribution < 1.29 is 9.76 Å². The molecule has 3 N–H and O–H groups in total. The van der Waals surface area contributed by atoms with Gasteiger partial charge in [-0.1, -0.05) is 37.3 Å². The van der Waals surface area contributed by atoms with E-state index in [4.69, 9.17) is 10.4 Å². The summed E-state index contributed by atoms with van der Waals surface area (Å²) in [4.78, 5) is 4.35. The van der Waals surface area contributed by atoms with Crippen molar-refractivity contribution in [1.82, 2.24) is 0 Å². The molecule has 1 rings (SSSR count). The molecule has 0 aliphatic rings. The van der Waals surface area contributed by atoms with Crippen molar-refractivity contribution in [2.75, 3.05) is 0 Å². The number of aliphatic imine (C=N–C) groups is 1. The van der Waals surface area contributed by atoms with E-state index in [0.29, 0.717) is 18.4 Å². The minimum absolute atomic E-state index is 0.586. The molecule has 0 amide bonds. The summed E-state index contributed by atoms with van der Waals surface area (Å²) in [5.74, 6) is 0. The first-order chi connectivity index (χ1) is 10.3. The Morgan fingerprint density at radius 1 is 1.32 bits per heavy atom. The van der Waals surface area contributed by atoms with Gasteiger partial charge in [-0.2, -0.15) is 0 Å². The van der Waals surface area contributed by atoms with Crippen LogP contribution >= 0.6 is 0 Å². The second-order valence-electron chi connectivity index (χ2n) is 6.00. The van der Waals surface area contributed by atoms with E-state index in [-0.39, 0.29) is 0 Å². The summed E-state index contributed by atoms with van der Waals surface area (Å²) in [6.45, 7) is 7.90. The molecular formula is C17H26BN2O2. The van der Waals surface area contributed by atoms with Gasteiger partial charge in [-0.3, -0.25) is 4.99 Å². The SMILES string of the molecule is CCC(C)(O[B]/C(C=NCc1ccccc1)=C/N)C(C)(C)O. The third-order valence-electron chi connectivity index (χ3n) is 3.97. The number of aliphatic hydroxyl groups is 1. The van der Waals surface area contributed by atoms with Gasteiger partial charge in [0.05, 0.1) is 17.7 Å². The maximum atomic E-state index is 10.2. The fraction of sp³-hybridized carbons (Fsp3) is 0.471. The van der Waals surface area contributed by atoms with Crippen LogP contribution in [0.25, 0.3) is 0 Å². The molecule has 0 spiro atoms. The Kier molecular flexibility index (Phi) is 6.84. The molecule has 0 saturated heterocycles. The second-order valence-corrected chi connectivity index (χ2v) is 6.00. The average Bonchev–Trinajstić information content (AvgIpc) is 2.50. The monoisotopic (exact) mass is 301 g/mol. The van der Waals surface area contributed by atoms with Crippen LogP contribution in [-0.4, -0.2) is 30.0 Å². The molecule has 1 aromatic rings. The number of benzene rings is 1. The quantitative estimate of drug-likeness (QED) is 0.573. The summed E-state index contributed by atoms with van der Waals surface area (Å²) in [5.41, 5.74) is 5.76. The molecule has 4 nitrogen and oxygen atoms in total. The molecule has 22 heavy (non-hydrogen) atoms. The van der Waals surface area contributed by atoms with Gasteiger partial charge in [0.15, 0.2) is 0 Å². The molecule has 0 saturated carbocycles. The summed E-state index contributed by atoms with van der Waals surface area (Å²) in [5, 5.41) is 10.2. The molecule has 0 bridgehead atoms. The molecule has 1 aromatic carbocycles. The van der Waals surface area contributed by atoms with E-state index in [1.807, 2.05) is 44.2 Å². The number of allylic oxidation sites excluding steroid dienone is 1. The lowest BCUT2D eigenvalue weighted by Gasteiger charge is -2.40. The number of rotatable bonds is 8. The van der Waals surface area contributed by atoms with Gasteiger partial charge in [0.25, 0.3) is 0 Å². The van der Waals surface area contributed by atoms with Gasteiger partial charge >= 0.3 is 7.48 Å². The summed E-state index contributed by atoms with van der Waals surface area (Å²) < 4.78 is 5.78. The number of nitrogens with zero attached hydrogens (tertiary/aromatic N) is 1. The predicted octanol–water partition coefficient (Wildman–Crippen LogP) is 2.63. The van der Waals surface area contributed by atoms with Gasteiger partial charge in [-0.25, -0.2) is 0 Å². The summed E-state index contributed by atoms with van der Waals surface area (Å²) in [6, 6.07) is 9.98. The summed E-state index contributed by atoms with van der Waals surface area (Å²) in [7, 11) is 1.55. The highest BCUT2D eigenvalue weighted by atomic mass is 16.5. The maximum Gasteiger partial charge on any atom is 0.333 e. The minimum atomic E-state index is -0.959. The lowest BCUT2D eigenvalue weighted by Crippen LogP contribution is -2.50. The van der Waals surface area contributed by atoms with E-state index < -0.39 is 11.2 Å². The molecule has 0 aliphatic carbocycles. The maximum absolute atomic E-state index is 10.2. The van der Waals surface area contributed by atoms with Crippen molar-refractivity contribution >= 4 is 13.7 Å². The number of nitrogens with two attached hydrogens (primary N) is 1. The van der Waals surface area contributed by atoms with Crippen LogP contribution in [0.2, 0.25) is 0 Å². The van der Waals surface area contributed by atoms with Crippen LogP contribution in [0.15, 0.2) is 47.0 Å². The largest absolute Gasteiger partial charge is 0.426 e. The molecule has 0 fully saturated rings. The second kappa shape index (κ2) is 8.15. The zero-order valence-electron chi connectivity index (χ0n) is 13.9. The predicted molar refractivity (Wildman–Crippen MR) is 92.7 cm³/mol. The lowest BCUT2D eigenvalue weighted by atomic mass is 9.80. The standard InChI is InChI=1S/C17H26BN2O2/c1-5-17(4,16(2,3)21)22-18-15(11-19)13-20-12-14-9-7-6-8-10-14/h6-11,13,21H,5,12,19H2,1-4H3/b15-11+,20-13?. The Labute approximate surface area is 134 Å². The van der Waals surface area contributed by atoms with Crippen molar-refractivity contribution in [3.63, 3.8) is 0 Å². The molecule has 0 aromatic heterocycles. The van der Waals surface area contributed by atoms with E-state index in [9.17, 15) is 5.11 Å². The average molecular weight is 301 g/mol. The van der Waals surface area contributed by atoms with Crippen LogP contribution in [0.1, 0.15) is 39.7 Å². The van der Waals surface area contributed by atoms with Crippen LogP contribution in [0.3, 0.4) is 0 Å². The Bertz CT molecular complexity index is 509. The van der Waals surface area contributed by atoms with Crippen molar-refractivity contribution in [3.05, 3.63) is 47.6 Å². The Morgan fingerprint density at radius 3 is 2.45 bits per heavy atom. The van der Waals surface area contributed by atoms with Crippen LogP contribution < -0.4 is 5.73 Å². The molecule has 1 unspecified atom stereocenters. The summed E-state index contributed by atoms with van der Waals surface area (Å²) in [6.07, 6.45) is 3.79. The topological polar surface area (TPSA) is 67.8 Å². The van der Waals surface area contributed by atoms with Crippen LogP contribution in [0.5, 0.6) is 0 Å². The van der Waals surface area contributed by atoms with Crippen LogP contribution in [0, 0.1) is 0 Å². The highest BCUT2D eigenvalue weighted by Gasteiger charge is 2.38. The van der Waals surface area contributed by atoms with Crippen molar-refractivity contribution in [3.8, 4) is 0 Å². The van der Waals surface area contributed by atoms with Gasteiger partial charge in [0, 0.05) is 6.21 Å². The highest BCUT2D eigenvalue weighted by molar-refractivity contribution is 6.46. The normalized spacial score (nSPS) is 15.8. The zero-order valence-corrected chi connectivity index (χ0v) is 13.9. The fourth-order valence-corrected chi connectivity index (χ4v) is 1.81. The van der Waals surface area contributed by atoms with E-state index in [0.717, 1.165) is 5.56 Å². The van der Waals surface area contributed by atoms with Gasteiger partial charge in [-0.15, -0.1) is 0 Å². The molecular weight excluding hydrogens is 275 g/mol. The number of hydrogen-bond donors (Lipinski definition) is 2. The molecule has 5 heteroatoms. The fourth-order valence-electron chi connectivity index (χ4n) is 1.81. The van der Waals surface area contributed by atoms with Gasteiger partial charge in [0.1, 0.15) is 0 Å². The first-order valence-electron chi connectivity index (χ1n) is 7.51. The molecule has 1 atom stereocenters. The molecule has 0 aliphatic heterocycles. The zero-order chi connectivity index (χ0) is 16.6. The van der Waals surface area contributed by atoms with E-state index >= 15 is 0 Å². The lowest BCUT2D eigenvalue weighted by molar-refractivity contribution is -0.103. The molecule has 119 valence electrons. The smallest absolute Gasteiger partial charge is 0.333 e. The Morgan fingerprint density at radius 2 is 1.95 bits per heavy atom. The summed E-state index contributed by atoms with van der Waals surface area (Å²) >= 11 is 0. The van der Waals surface area contributed by atoms with E-state index in [1.54, 1.807) is 27.5 Å². The van der Waals surface area contributed by atoms with Crippen molar-refractivity contribution in [2.45, 2.75) is 51.9 Å².